The molecular weight excluding hydrogens is 372 g/mol. The summed E-state index contributed by atoms with van der Waals surface area (Å²) in [5.41, 5.74) is 0.895. The van der Waals surface area contributed by atoms with Gasteiger partial charge in [0.05, 0.1) is 18.6 Å². The lowest BCUT2D eigenvalue weighted by Crippen LogP contribution is -2.31. The van der Waals surface area contributed by atoms with Gasteiger partial charge in [-0.25, -0.2) is 0 Å². The van der Waals surface area contributed by atoms with Crippen LogP contribution in [0.15, 0.2) is 52.2 Å². The van der Waals surface area contributed by atoms with Crippen molar-refractivity contribution in [2.45, 2.75) is 31.6 Å². The first kappa shape index (κ1) is 18.5. The Kier molecular flexibility index (Phi) is 6.00. The molecule has 136 valence electrons. The van der Waals surface area contributed by atoms with E-state index in [1.54, 1.807) is 6.26 Å². The number of rotatable bonds is 7. The summed E-state index contributed by atoms with van der Waals surface area (Å²) in [6.45, 7) is 4.34. The molecule has 1 amide bonds. The van der Waals surface area contributed by atoms with Crippen LogP contribution in [0.4, 0.5) is 0 Å². The molecule has 0 atom stereocenters. The van der Waals surface area contributed by atoms with E-state index < -0.39 is 0 Å². The van der Waals surface area contributed by atoms with Crippen molar-refractivity contribution in [2.75, 3.05) is 5.75 Å². The van der Waals surface area contributed by atoms with Gasteiger partial charge in [0.1, 0.15) is 5.76 Å². The highest BCUT2D eigenvalue weighted by Crippen LogP contribution is 2.26. The Balaban J connectivity index is 1.86. The van der Waals surface area contributed by atoms with Crippen molar-refractivity contribution in [3.05, 3.63) is 53.4 Å². The number of hydrogen-bond donors (Lipinski definition) is 1. The molecule has 1 N–H and O–H groups in total. The number of thioether (sulfide) groups is 1. The maximum Gasteiger partial charge on any atom is 0.230 e. The topological polar surface area (TPSA) is 73.0 Å². The fraction of sp³-hybridized carbons (Fsp3) is 0.278. The summed E-state index contributed by atoms with van der Waals surface area (Å²) in [5.74, 6) is 1.72. The minimum Gasteiger partial charge on any atom is -0.467 e. The summed E-state index contributed by atoms with van der Waals surface area (Å²) in [5, 5.41) is 12.8. The van der Waals surface area contributed by atoms with Gasteiger partial charge in [0, 0.05) is 16.6 Å². The molecule has 0 unspecified atom stereocenters. The zero-order chi connectivity index (χ0) is 18.5. The Morgan fingerprint density at radius 3 is 2.69 bits per heavy atom. The number of halogens is 1. The monoisotopic (exact) mass is 390 g/mol. The highest BCUT2D eigenvalue weighted by atomic mass is 35.5. The lowest BCUT2D eigenvalue weighted by molar-refractivity contribution is -0.119. The fourth-order valence-electron chi connectivity index (χ4n) is 2.40. The Morgan fingerprint density at radius 1 is 1.27 bits per heavy atom. The molecule has 0 saturated carbocycles. The van der Waals surface area contributed by atoms with Crippen molar-refractivity contribution in [3.8, 4) is 11.4 Å². The van der Waals surface area contributed by atoms with Crippen molar-refractivity contribution in [3.63, 3.8) is 0 Å². The smallest absolute Gasteiger partial charge is 0.230 e. The lowest BCUT2D eigenvalue weighted by atomic mass is 10.2. The van der Waals surface area contributed by atoms with E-state index in [4.69, 9.17) is 16.0 Å². The minimum absolute atomic E-state index is 0.0365. The first-order valence-electron chi connectivity index (χ1n) is 8.16. The Bertz CT molecular complexity index is 860. The maximum atomic E-state index is 11.9. The molecule has 0 bridgehead atoms. The number of nitrogens with one attached hydrogen (secondary N) is 1. The lowest BCUT2D eigenvalue weighted by Gasteiger charge is -2.10. The van der Waals surface area contributed by atoms with Crippen LogP contribution in [0.5, 0.6) is 0 Å². The largest absolute Gasteiger partial charge is 0.467 e. The van der Waals surface area contributed by atoms with Gasteiger partial charge in [0.25, 0.3) is 0 Å². The summed E-state index contributed by atoms with van der Waals surface area (Å²) in [6, 6.07) is 11.2. The molecule has 0 aliphatic rings. The molecule has 1 aromatic carbocycles. The Morgan fingerprint density at radius 2 is 2.04 bits per heavy atom. The summed E-state index contributed by atoms with van der Waals surface area (Å²) >= 11 is 7.33. The average molecular weight is 391 g/mol. The van der Waals surface area contributed by atoms with Crippen LogP contribution in [-0.2, 0) is 11.3 Å². The number of amides is 1. The summed E-state index contributed by atoms with van der Waals surface area (Å²) in [6.07, 6.45) is 1.63. The Hall–Kier alpha value is -2.25. The second-order valence-electron chi connectivity index (χ2n) is 5.99. The van der Waals surface area contributed by atoms with Gasteiger partial charge in [-0.3, -0.25) is 9.36 Å². The number of nitrogens with zero attached hydrogens (tertiary/aromatic N) is 3. The standard InChI is InChI=1S/C18H19ClN4O2S/c1-12(2)20-16(24)11-26-18-22-21-17(13-5-7-14(19)8-6-13)23(18)10-15-4-3-9-25-15/h3-9,12H,10-11H2,1-2H3,(H,20,24). The highest BCUT2D eigenvalue weighted by Gasteiger charge is 2.17. The van der Waals surface area contributed by atoms with Crippen LogP contribution in [-0.4, -0.2) is 32.5 Å². The molecule has 0 aliphatic heterocycles. The van der Waals surface area contributed by atoms with Crippen LogP contribution in [0.2, 0.25) is 5.02 Å². The third kappa shape index (κ3) is 4.68. The number of benzene rings is 1. The van der Waals surface area contributed by atoms with Crippen LogP contribution < -0.4 is 5.32 Å². The number of hydrogen-bond acceptors (Lipinski definition) is 5. The number of carbonyl (C=O) groups is 1. The highest BCUT2D eigenvalue weighted by molar-refractivity contribution is 7.99. The van der Waals surface area contributed by atoms with Gasteiger partial charge in [-0.15, -0.1) is 10.2 Å². The van der Waals surface area contributed by atoms with Gasteiger partial charge in [0.2, 0.25) is 5.91 Å². The average Bonchev–Trinajstić information content (AvgIpc) is 3.24. The zero-order valence-electron chi connectivity index (χ0n) is 14.5. The molecule has 2 heterocycles. The third-order valence-corrected chi connectivity index (χ3v) is 4.71. The molecule has 0 spiro atoms. The SMILES string of the molecule is CC(C)NC(=O)CSc1nnc(-c2ccc(Cl)cc2)n1Cc1ccco1. The molecule has 26 heavy (non-hydrogen) atoms. The van der Waals surface area contributed by atoms with Gasteiger partial charge in [-0.2, -0.15) is 0 Å². The molecule has 6 nitrogen and oxygen atoms in total. The molecular formula is C18H19ClN4O2S. The molecule has 0 saturated heterocycles. The van der Waals surface area contributed by atoms with Gasteiger partial charge in [0.15, 0.2) is 11.0 Å². The predicted molar refractivity (Wildman–Crippen MR) is 102 cm³/mol. The van der Waals surface area contributed by atoms with E-state index >= 15 is 0 Å². The number of carbonyl (C=O) groups excluding carboxylic acids is 1. The molecule has 2 aromatic heterocycles. The number of furan rings is 1. The molecule has 0 fully saturated rings. The van der Waals surface area contributed by atoms with Gasteiger partial charge in [-0.05, 0) is 50.2 Å². The molecule has 0 radical (unpaired) electrons. The van der Waals surface area contributed by atoms with E-state index in [-0.39, 0.29) is 17.7 Å². The van der Waals surface area contributed by atoms with Gasteiger partial charge >= 0.3 is 0 Å². The summed E-state index contributed by atoms with van der Waals surface area (Å²) < 4.78 is 7.40. The van der Waals surface area contributed by atoms with E-state index in [0.29, 0.717) is 22.5 Å². The molecule has 3 rings (SSSR count). The summed E-state index contributed by atoms with van der Waals surface area (Å²) in [7, 11) is 0. The maximum absolute atomic E-state index is 11.9. The summed E-state index contributed by atoms with van der Waals surface area (Å²) in [4.78, 5) is 11.9. The van der Waals surface area contributed by atoms with Crippen LogP contribution in [0, 0.1) is 0 Å². The van der Waals surface area contributed by atoms with E-state index in [2.05, 4.69) is 15.5 Å². The quantitative estimate of drug-likeness (QED) is 0.620. The second-order valence-corrected chi connectivity index (χ2v) is 7.37. The van der Waals surface area contributed by atoms with Crippen LogP contribution in [0.1, 0.15) is 19.6 Å². The minimum atomic E-state index is -0.0365. The second kappa shape index (κ2) is 8.42. The molecule has 3 aromatic rings. The normalized spacial score (nSPS) is 11.1. The van der Waals surface area contributed by atoms with Crippen molar-refractivity contribution >= 4 is 29.3 Å². The van der Waals surface area contributed by atoms with Gasteiger partial charge < -0.3 is 9.73 Å². The van der Waals surface area contributed by atoms with E-state index in [0.717, 1.165) is 11.3 Å². The molecule has 0 aliphatic carbocycles. The fourth-order valence-corrected chi connectivity index (χ4v) is 3.28. The predicted octanol–water partition coefficient (Wildman–Crippen LogP) is 3.86. The van der Waals surface area contributed by atoms with Crippen molar-refractivity contribution in [2.24, 2.45) is 0 Å². The van der Waals surface area contributed by atoms with Crippen LogP contribution >= 0.6 is 23.4 Å². The van der Waals surface area contributed by atoms with Crippen LogP contribution in [0.25, 0.3) is 11.4 Å². The zero-order valence-corrected chi connectivity index (χ0v) is 16.0. The van der Waals surface area contributed by atoms with Crippen LogP contribution in [0.3, 0.4) is 0 Å². The van der Waals surface area contributed by atoms with Crippen molar-refractivity contribution in [1.29, 1.82) is 0 Å². The molecule has 8 heteroatoms. The first-order valence-corrected chi connectivity index (χ1v) is 9.53. The first-order chi connectivity index (χ1) is 12.5. The van der Waals surface area contributed by atoms with Crippen molar-refractivity contribution < 1.29 is 9.21 Å². The number of aromatic nitrogens is 3. The third-order valence-electron chi connectivity index (χ3n) is 3.50. The van der Waals surface area contributed by atoms with Gasteiger partial charge in [-0.1, -0.05) is 23.4 Å². The van der Waals surface area contributed by atoms with E-state index in [1.807, 2.05) is 54.8 Å². The van der Waals surface area contributed by atoms with E-state index in [9.17, 15) is 4.79 Å². The Labute approximate surface area is 160 Å². The van der Waals surface area contributed by atoms with E-state index in [1.165, 1.54) is 11.8 Å². The van der Waals surface area contributed by atoms with Crippen molar-refractivity contribution in [1.82, 2.24) is 20.1 Å².